The average Bonchev–Trinajstić information content (AvgIpc) is 2.80. The fraction of sp³-hybridized carbons (Fsp3) is 0.500. The monoisotopic (exact) mass is 406 g/mol. The van der Waals surface area contributed by atoms with Crippen LogP contribution in [0.1, 0.15) is 29.8 Å². The molecular weight excluding hydrogens is 393 g/mol. The lowest BCUT2D eigenvalue weighted by molar-refractivity contribution is -0.263. The van der Waals surface area contributed by atoms with Gasteiger partial charge in [-0.2, -0.15) is 13.2 Å². The third-order valence-corrected chi connectivity index (χ3v) is 4.62. The van der Waals surface area contributed by atoms with Crippen LogP contribution in [0, 0.1) is 0 Å². The smallest absolute Gasteiger partial charge is 0.380 e. The molecule has 1 atom stereocenters. The molecule has 1 fully saturated rings. The summed E-state index contributed by atoms with van der Waals surface area (Å²) in [4.78, 5) is 22.1. The van der Waals surface area contributed by atoms with Crippen LogP contribution in [-0.4, -0.2) is 55.1 Å². The van der Waals surface area contributed by atoms with Crippen molar-refractivity contribution in [2.24, 2.45) is 0 Å². The molecule has 130 valence electrons. The van der Waals surface area contributed by atoms with Gasteiger partial charge in [0.05, 0.1) is 12.4 Å². The van der Waals surface area contributed by atoms with E-state index in [2.05, 4.69) is 25.9 Å². The molecule has 0 spiro atoms. The molecule has 0 saturated carbocycles. The van der Waals surface area contributed by atoms with Crippen LogP contribution in [0.4, 0.5) is 13.2 Å². The third-order valence-electron chi connectivity index (χ3n) is 4.21. The molecule has 6 nitrogen and oxygen atoms in total. The van der Waals surface area contributed by atoms with Crippen LogP contribution in [0.25, 0.3) is 5.65 Å². The molecule has 10 heteroatoms. The zero-order valence-electron chi connectivity index (χ0n) is 12.4. The van der Waals surface area contributed by atoms with Crippen LogP contribution in [0.5, 0.6) is 0 Å². The number of amides is 1. The van der Waals surface area contributed by atoms with Crippen molar-refractivity contribution in [1.82, 2.24) is 19.3 Å². The zero-order valence-corrected chi connectivity index (χ0v) is 14.0. The highest BCUT2D eigenvalue weighted by Crippen LogP contribution is 2.38. The number of fused-ring (bicyclic) bond motifs is 1. The molecule has 3 rings (SSSR count). The summed E-state index contributed by atoms with van der Waals surface area (Å²) < 4.78 is 41.0. The molecule has 0 aromatic carbocycles. The van der Waals surface area contributed by atoms with E-state index in [9.17, 15) is 23.1 Å². The molecule has 1 saturated heterocycles. The Kier molecular flexibility index (Phi) is 4.28. The maximum Gasteiger partial charge on any atom is 0.417 e. The summed E-state index contributed by atoms with van der Waals surface area (Å²) >= 11 is 3.20. The normalized spacial score (nSPS) is 22.6. The van der Waals surface area contributed by atoms with E-state index in [1.54, 1.807) is 6.20 Å². The number of carbonyl (C=O) groups excluding carboxylic acids is 1. The SMILES string of the molecule is O=C(c1cnc2cnc(Br)cn12)N1CCCC(O)(C(F)(F)F)CC1. The summed E-state index contributed by atoms with van der Waals surface area (Å²) in [6.45, 7) is -0.0228. The first-order valence-electron chi connectivity index (χ1n) is 7.28. The fourth-order valence-electron chi connectivity index (χ4n) is 2.79. The van der Waals surface area contributed by atoms with Crippen LogP contribution < -0.4 is 0 Å². The van der Waals surface area contributed by atoms with E-state index in [0.29, 0.717) is 10.3 Å². The Morgan fingerprint density at radius 3 is 2.71 bits per heavy atom. The number of carbonyl (C=O) groups is 1. The average molecular weight is 407 g/mol. The van der Waals surface area contributed by atoms with E-state index in [0.717, 1.165) is 0 Å². The molecule has 1 amide bonds. The highest BCUT2D eigenvalue weighted by molar-refractivity contribution is 9.10. The van der Waals surface area contributed by atoms with E-state index < -0.39 is 30.5 Å². The standard InChI is InChI=1S/C14H14BrF3N4O2/c15-10-8-22-9(6-20-11(22)7-19-10)12(23)21-4-1-2-13(24,3-5-21)14(16,17)18/h6-8,24H,1-5H2. The lowest BCUT2D eigenvalue weighted by Crippen LogP contribution is -2.46. The first-order chi connectivity index (χ1) is 11.2. The van der Waals surface area contributed by atoms with Crippen molar-refractivity contribution in [2.45, 2.75) is 31.0 Å². The Morgan fingerprint density at radius 2 is 2.00 bits per heavy atom. The highest BCUT2D eigenvalue weighted by atomic mass is 79.9. The van der Waals surface area contributed by atoms with Gasteiger partial charge in [-0.1, -0.05) is 0 Å². The third kappa shape index (κ3) is 3.00. The van der Waals surface area contributed by atoms with Crippen LogP contribution in [0.3, 0.4) is 0 Å². The molecule has 0 aliphatic carbocycles. The Balaban J connectivity index is 1.84. The molecule has 1 aliphatic heterocycles. The molecule has 0 bridgehead atoms. The number of alkyl halides is 3. The largest absolute Gasteiger partial charge is 0.417 e. The van der Waals surface area contributed by atoms with Crippen LogP contribution >= 0.6 is 15.9 Å². The maximum absolute atomic E-state index is 13.0. The summed E-state index contributed by atoms with van der Waals surface area (Å²) in [5.41, 5.74) is -2.04. The molecule has 1 aliphatic rings. The number of nitrogens with zero attached hydrogens (tertiary/aromatic N) is 4. The minimum Gasteiger partial charge on any atom is -0.380 e. The maximum atomic E-state index is 13.0. The summed E-state index contributed by atoms with van der Waals surface area (Å²) in [6.07, 6.45) is -1.17. The Bertz CT molecular complexity index is 779. The topological polar surface area (TPSA) is 70.7 Å². The van der Waals surface area contributed by atoms with Crippen molar-refractivity contribution in [1.29, 1.82) is 0 Å². The molecule has 24 heavy (non-hydrogen) atoms. The van der Waals surface area contributed by atoms with E-state index in [1.165, 1.54) is 21.7 Å². The molecule has 1 unspecified atom stereocenters. The van der Waals surface area contributed by atoms with Crippen molar-refractivity contribution in [3.05, 3.63) is 28.9 Å². The summed E-state index contributed by atoms with van der Waals surface area (Å²) in [5.74, 6) is -0.424. The Hall–Kier alpha value is -1.68. The number of hydrogen-bond acceptors (Lipinski definition) is 4. The Labute approximate surface area is 143 Å². The van der Waals surface area contributed by atoms with Crippen LogP contribution in [-0.2, 0) is 0 Å². The van der Waals surface area contributed by atoms with Gasteiger partial charge in [0.2, 0.25) is 0 Å². The first-order valence-corrected chi connectivity index (χ1v) is 8.07. The number of halogens is 4. The van der Waals surface area contributed by atoms with E-state index in [1.807, 2.05) is 0 Å². The molecular formula is C14H14BrF3N4O2. The number of aromatic nitrogens is 3. The van der Waals surface area contributed by atoms with Gasteiger partial charge in [-0.05, 0) is 28.8 Å². The summed E-state index contributed by atoms with van der Waals surface area (Å²) in [5, 5.41) is 9.83. The van der Waals surface area contributed by atoms with Crippen LogP contribution in [0.15, 0.2) is 23.2 Å². The van der Waals surface area contributed by atoms with Gasteiger partial charge < -0.3 is 10.0 Å². The summed E-state index contributed by atoms with van der Waals surface area (Å²) in [6, 6.07) is 0. The molecule has 3 heterocycles. The second kappa shape index (κ2) is 5.99. The molecule has 2 aromatic heterocycles. The summed E-state index contributed by atoms with van der Waals surface area (Å²) in [7, 11) is 0. The van der Waals surface area contributed by atoms with Crippen molar-refractivity contribution >= 4 is 27.5 Å². The van der Waals surface area contributed by atoms with Gasteiger partial charge in [-0.25, -0.2) is 9.97 Å². The zero-order chi connectivity index (χ0) is 17.5. The number of rotatable bonds is 1. The minimum atomic E-state index is -4.70. The second-order valence-electron chi connectivity index (χ2n) is 5.76. The highest BCUT2D eigenvalue weighted by Gasteiger charge is 2.53. The number of likely N-dealkylation sites (tertiary alicyclic amines) is 1. The lowest BCUT2D eigenvalue weighted by Gasteiger charge is -2.29. The van der Waals surface area contributed by atoms with Gasteiger partial charge in [-0.15, -0.1) is 0 Å². The van der Waals surface area contributed by atoms with Crippen molar-refractivity contribution in [3.63, 3.8) is 0 Å². The van der Waals surface area contributed by atoms with Crippen LogP contribution in [0.2, 0.25) is 0 Å². The molecule has 1 N–H and O–H groups in total. The quantitative estimate of drug-likeness (QED) is 0.789. The van der Waals surface area contributed by atoms with Gasteiger partial charge >= 0.3 is 6.18 Å². The van der Waals surface area contributed by atoms with Crippen molar-refractivity contribution in [3.8, 4) is 0 Å². The van der Waals surface area contributed by atoms with Gasteiger partial charge in [0.25, 0.3) is 5.91 Å². The molecule has 2 aromatic rings. The predicted molar refractivity (Wildman–Crippen MR) is 81.4 cm³/mol. The predicted octanol–water partition coefficient (Wildman–Crippen LogP) is 2.41. The van der Waals surface area contributed by atoms with Crippen molar-refractivity contribution < 1.29 is 23.1 Å². The number of imidazole rings is 1. The van der Waals surface area contributed by atoms with E-state index in [4.69, 9.17) is 0 Å². The van der Waals surface area contributed by atoms with E-state index in [-0.39, 0.29) is 25.2 Å². The van der Waals surface area contributed by atoms with Gasteiger partial charge in [-0.3, -0.25) is 9.20 Å². The number of aliphatic hydroxyl groups is 1. The minimum absolute atomic E-state index is 0.0732. The fourth-order valence-corrected chi connectivity index (χ4v) is 3.10. The van der Waals surface area contributed by atoms with Gasteiger partial charge in [0.1, 0.15) is 10.3 Å². The Morgan fingerprint density at radius 1 is 1.25 bits per heavy atom. The van der Waals surface area contributed by atoms with Gasteiger partial charge in [0.15, 0.2) is 11.2 Å². The number of hydrogen-bond donors (Lipinski definition) is 1. The van der Waals surface area contributed by atoms with Crippen molar-refractivity contribution in [2.75, 3.05) is 13.1 Å². The lowest BCUT2D eigenvalue weighted by atomic mass is 9.94. The first kappa shape index (κ1) is 17.2. The van der Waals surface area contributed by atoms with Gasteiger partial charge in [0, 0.05) is 25.7 Å². The van der Waals surface area contributed by atoms with E-state index >= 15 is 0 Å². The molecule has 0 radical (unpaired) electrons. The second-order valence-corrected chi connectivity index (χ2v) is 6.57.